The summed E-state index contributed by atoms with van der Waals surface area (Å²) >= 11 is 0. The molecule has 1 rings (SSSR count). The Morgan fingerprint density at radius 2 is 1.90 bits per heavy atom. The molecule has 0 aliphatic heterocycles. The summed E-state index contributed by atoms with van der Waals surface area (Å²) in [5.74, 6) is 0.532. The van der Waals surface area contributed by atoms with Crippen LogP contribution < -0.4 is 5.32 Å². The highest BCUT2D eigenvalue weighted by molar-refractivity contribution is 7.91. The molecule has 0 aliphatic rings. The molecular formula is C15H22N2O3S. The fourth-order valence-electron chi connectivity index (χ4n) is 1.65. The number of nitrogens with one attached hydrogen (secondary N) is 1. The molecule has 5 nitrogen and oxygen atoms in total. The van der Waals surface area contributed by atoms with E-state index >= 15 is 0 Å². The standard InChI is InChI=1S/C15H22N2O3S/c1-13(2)12-20-9-7-17-8-10-21(18,19)15-5-3-14(11-16)4-6-15/h3-6,13,17H,7-10,12H2,1-2H3. The average molecular weight is 310 g/mol. The molecule has 0 spiro atoms. The molecular weight excluding hydrogens is 288 g/mol. The van der Waals surface area contributed by atoms with Crippen molar-refractivity contribution in [3.8, 4) is 6.07 Å². The minimum atomic E-state index is -3.30. The van der Waals surface area contributed by atoms with Gasteiger partial charge in [0.15, 0.2) is 9.84 Å². The number of benzene rings is 1. The molecule has 0 unspecified atom stereocenters. The predicted octanol–water partition coefficient (Wildman–Crippen LogP) is 1.59. The molecule has 6 heteroatoms. The van der Waals surface area contributed by atoms with Gasteiger partial charge in [0, 0.05) is 19.7 Å². The Morgan fingerprint density at radius 3 is 2.48 bits per heavy atom. The monoisotopic (exact) mass is 310 g/mol. The van der Waals surface area contributed by atoms with E-state index in [2.05, 4.69) is 19.2 Å². The van der Waals surface area contributed by atoms with Gasteiger partial charge in [0.05, 0.1) is 28.9 Å². The van der Waals surface area contributed by atoms with E-state index < -0.39 is 9.84 Å². The first-order valence-electron chi connectivity index (χ1n) is 6.97. The van der Waals surface area contributed by atoms with Crippen LogP contribution in [0, 0.1) is 17.2 Å². The first kappa shape index (κ1) is 17.6. The zero-order chi connectivity index (χ0) is 15.7. The van der Waals surface area contributed by atoms with Crippen molar-refractivity contribution in [1.82, 2.24) is 5.32 Å². The number of rotatable bonds is 9. The van der Waals surface area contributed by atoms with Crippen LogP contribution in [-0.2, 0) is 14.6 Å². The van der Waals surface area contributed by atoms with Crippen LogP contribution in [0.1, 0.15) is 19.4 Å². The van der Waals surface area contributed by atoms with Crippen LogP contribution in [0.15, 0.2) is 29.2 Å². The Hall–Kier alpha value is -1.42. The maximum absolute atomic E-state index is 12.1. The number of nitriles is 1. The minimum Gasteiger partial charge on any atom is -0.380 e. The van der Waals surface area contributed by atoms with Crippen molar-refractivity contribution < 1.29 is 13.2 Å². The molecule has 0 fully saturated rings. The van der Waals surface area contributed by atoms with Gasteiger partial charge in [0.1, 0.15) is 0 Å². The molecule has 0 heterocycles. The molecule has 0 saturated carbocycles. The van der Waals surface area contributed by atoms with Crippen molar-refractivity contribution in [3.05, 3.63) is 29.8 Å². The molecule has 0 aromatic heterocycles. The van der Waals surface area contributed by atoms with E-state index in [1.54, 1.807) is 0 Å². The predicted molar refractivity (Wildman–Crippen MR) is 81.7 cm³/mol. The van der Waals surface area contributed by atoms with Gasteiger partial charge in [-0.2, -0.15) is 5.26 Å². The topological polar surface area (TPSA) is 79.2 Å². The normalized spacial score (nSPS) is 11.5. The van der Waals surface area contributed by atoms with Crippen molar-refractivity contribution >= 4 is 9.84 Å². The Kier molecular flexibility index (Phi) is 7.37. The van der Waals surface area contributed by atoms with Crippen LogP contribution in [-0.4, -0.2) is 40.5 Å². The summed E-state index contributed by atoms with van der Waals surface area (Å²) in [6.45, 7) is 6.47. The summed E-state index contributed by atoms with van der Waals surface area (Å²) in [5, 5.41) is 11.7. The van der Waals surface area contributed by atoms with Crippen LogP contribution in [0.5, 0.6) is 0 Å². The van der Waals surface area contributed by atoms with Gasteiger partial charge in [0.25, 0.3) is 0 Å². The van der Waals surface area contributed by atoms with E-state index in [4.69, 9.17) is 10.00 Å². The molecule has 21 heavy (non-hydrogen) atoms. The lowest BCUT2D eigenvalue weighted by molar-refractivity contribution is 0.112. The number of hydrogen-bond donors (Lipinski definition) is 1. The lowest BCUT2D eigenvalue weighted by Gasteiger charge is -2.08. The van der Waals surface area contributed by atoms with E-state index in [0.29, 0.717) is 37.8 Å². The van der Waals surface area contributed by atoms with Crippen LogP contribution in [0.4, 0.5) is 0 Å². The summed E-state index contributed by atoms with van der Waals surface area (Å²) in [6.07, 6.45) is 0. The molecule has 0 saturated heterocycles. The van der Waals surface area contributed by atoms with Crippen molar-refractivity contribution in [2.75, 3.05) is 32.1 Å². The number of ether oxygens (including phenoxy) is 1. The van der Waals surface area contributed by atoms with E-state index in [9.17, 15) is 8.42 Å². The van der Waals surface area contributed by atoms with Gasteiger partial charge in [-0.05, 0) is 30.2 Å². The van der Waals surface area contributed by atoms with Gasteiger partial charge in [-0.15, -0.1) is 0 Å². The van der Waals surface area contributed by atoms with Crippen molar-refractivity contribution in [2.24, 2.45) is 5.92 Å². The Balaban J connectivity index is 2.31. The van der Waals surface area contributed by atoms with E-state index in [0.717, 1.165) is 0 Å². The van der Waals surface area contributed by atoms with Gasteiger partial charge < -0.3 is 10.1 Å². The first-order valence-corrected chi connectivity index (χ1v) is 8.62. The summed E-state index contributed by atoms with van der Waals surface area (Å²) in [4.78, 5) is 0.249. The highest BCUT2D eigenvalue weighted by Gasteiger charge is 2.13. The quantitative estimate of drug-likeness (QED) is 0.701. The zero-order valence-corrected chi connectivity index (χ0v) is 13.3. The second-order valence-electron chi connectivity index (χ2n) is 5.17. The van der Waals surface area contributed by atoms with Gasteiger partial charge in [-0.3, -0.25) is 0 Å². The van der Waals surface area contributed by atoms with Gasteiger partial charge in [-0.1, -0.05) is 13.8 Å². The molecule has 0 aliphatic carbocycles. The largest absolute Gasteiger partial charge is 0.380 e. The second kappa shape index (κ2) is 8.78. The average Bonchev–Trinajstić information content (AvgIpc) is 2.46. The highest BCUT2D eigenvalue weighted by Crippen LogP contribution is 2.11. The van der Waals surface area contributed by atoms with Crippen molar-refractivity contribution in [2.45, 2.75) is 18.7 Å². The molecule has 0 atom stereocenters. The number of hydrogen-bond acceptors (Lipinski definition) is 5. The maximum atomic E-state index is 12.1. The Labute approximate surface area is 126 Å². The van der Waals surface area contributed by atoms with E-state index in [1.807, 2.05) is 6.07 Å². The third-order valence-corrected chi connectivity index (χ3v) is 4.50. The Bertz CT molecular complexity index is 560. The summed E-state index contributed by atoms with van der Waals surface area (Å²) in [7, 11) is -3.30. The molecule has 0 radical (unpaired) electrons. The molecule has 1 N–H and O–H groups in total. The maximum Gasteiger partial charge on any atom is 0.179 e. The third-order valence-electron chi connectivity index (χ3n) is 2.76. The molecule has 116 valence electrons. The van der Waals surface area contributed by atoms with Crippen LogP contribution in [0.3, 0.4) is 0 Å². The van der Waals surface area contributed by atoms with Gasteiger partial charge in [-0.25, -0.2) is 8.42 Å². The van der Waals surface area contributed by atoms with Crippen LogP contribution >= 0.6 is 0 Å². The van der Waals surface area contributed by atoms with E-state index in [1.165, 1.54) is 24.3 Å². The van der Waals surface area contributed by atoms with Crippen LogP contribution in [0.2, 0.25) is 0 Å². The van der Waals surface area contributed by atoms with Crippen molar-refractivity contribution in [3.63, 3.8) is 0 Å². The fraction of sp³-hybridized carbons (Fsp3) is 0.533. The zero-order valence-electron chi connectivity index (χ0n) is 12.5. The third kappa shape index (κ3) is 6.71. The fourth-order valence-corrected chi connectivity index (χ4v) is 2.85. The number of sulfone groups is 1. The molecule has 0 bridgehead atoms. The van der Waals surface area contributed by atoms with Gasteiger partial charge >= 0.3 is 0 Å². The summed E-state index contributed by atoms with van der Waals surface area (Å²) in [5.41, 5.74) is 0.453. The van der Waals surface area contributed by atoms with Crippen LogP contribution in [0.25, 0.3) is 0 Å². The lowest BCUT2D eigenvalue weighted by atomic mass is 10.2. The SMILES string of the molecule is CC(C)COCCNCCS(=O)(=O)c1ccc(C#N)cc1. The highest BCUT2D eigenvalue weighted by atomic mass is 32.2. The summed E-state index contributed by atoms with van der Waals surface area (Å²) in [6, 6.07) is 7.94. The molecule has 0 amide bonds. The second-order valence-corrected chi connectivity index (χ2v) is 7.28. The molecule has 1 aromatic rings. The minimum absolute atomic E-state index is 0.0308. The van der Waals surface area contributed by atoms with Crippen molar-refractivity contribution in [1.29, 1.82) is 5.26 Å². The Morgan fingerprint density at radius 1 is 1.24 bits per heavy atom. The number of nitrogens with zero attached hydrogens (tertiary/aromatic N) is 1. The summed E-state index contributed by atoms with van der Waals surface area (Å²) < 4.78 is 29.5. The molecule has 1 aromatic carbocycles. The smallest absolute Gasteiger partial charge is 0.179 e. The van der Waals surface area contributed by atoms with E-state index in [-0.39, 0.29) is 10.6 Å². The first-order chi connectivity index (χ1) is 9.95. The van der Waals surface area contributed by atoms with Gasteiger partial charge in [0.2, 0.25) is 0 Å². The lowest BCUT2D eigenvalue weighted by Crippen LogP contribution is -2.26.